The molecular formula is C13H20BrNO. The Bertz CT molecular complexity index is 299. The molecule has 0 saturated heterocycles. The van der Waals surface area contributed by atoms with Crippen LogP contribution in [0.5, 0.6) is 0 Å². The molecule has 1 rings (SSSR count). The lowest BCUT2D eigenvalue weighted by atomic mass is 9.94. The summed E-state index contributed by atoms with van der Waals surface area (Å²) in [6, 6.07) is 8.43. The number of benzene rings is 1. The van der Waals surface area contributed by atoms with Crippen molar-refractivity contribution in [2.75, 3.05) is 13.7 Å². The molecule has 0 spiro atoms. The molecule has 3 heteroatoms. The minimum Gasteiger partial charge on any atom is -0.382 e. The Morgan fingerprint density at radius 1 is 1.31 bits per heavy atom. The molecule has 0 fully saturated rings. The average Bonchev–Trinajstić information content (AvgIpc) is 2.30. The second kappa shape index (κ2) is 7.05. The molecule has 0 aliphatic heterocycles. The molecule has 16 heavy (non-hydrogen) atoms. The highest BCUT2D eigenvalue weighted by atomic mass is 79.9. The fourth-order valence-electron chi connectivity index (χ4n) is 1.78. The van der Waals surface area contributed by atoms with E-state index < -0.39 is 0 Å². The second-order valence-electron chi connectivity index (χ2n) is 4.21. The normalized spacial score (nSPS) is 14.8. The number of halogens is 1. The van der Waals surface area contributed by atoms with Crippen molar-refractivity contribution in [3.63, 3.8) is 0 Å². The Hall–Kier alpha value is -0.380. The summed E-state index contributed by atoms with van der Waals surface area (Å²) in [6.07, 6.45) is 2.32. The molecule has 0 aromatic heterocycles. The van der Waals surface area contributed by atoms with Gasteiger partial charge in [-0.2, -0.15) is 0 Å². The number of methoxy groups -OCH3 is 1. The van der Waals surface area contributed by atoms with Crippen LogP contribution in [0.3, 0.4) is 0 Å². The molecule has 0 saturated carbocycles. The summed E-state index contributed by atoms with van der Waals surface area (Å²) in [7, 11) is 1.75. The molecule has 1 aromatic rings. The van der Waals surface area contributed by atoms with Gasteiger partial charge in [-0.25, -0.2) is 0 Å². The lowest BCUT2D eigenvalue weighted by Gasteiger charge is -2.18. The largest absolute Gasteiger partial charge is 0.382 e. The first kappa shape index (κ1) is 13.7. The van der Waals surface area contributed by atoms with E-state index in [1.807, 2.05) is 0 Å². The maximum absolute atomic E-state index is 5.79. The molecule has 0 radical (unpaired) electrons. The SMILES string of the molecule is COC(C)CC(CN)Cc1ccc(Br)cc1. The zero-order valence-electron chi connectivity index (χ0n) is 9.95. The summed E-state index contributed by atoms with van der Waals surface area (Å²) < 4.78 is 6.39. The van der Waals surface area contributed by atoms with Crippen molar-refractivity contribution >= 4 is 15.9 Å². The summed E-state index contributed by atoms with van der Waals surface area (Å²) in [5, 5.41) is 0. The van der Waals surface area contributed by atoms with Crippen LogP contribution in [0.4, 0.5) is 0 Å². The van der Waals surface area contributed by atoms with Crippen LogP contribution in [0.2, 0.25) is 0 Å². The Morgan fingerprint density at radius 2 is 1.94 bits per heavy atom. The van der Waals surface area contributed by atoms with Crippen molar-refractivity contribution in [1.82, 2.24) is 0 Å². The van der Waals surface area contributed by atoms with Crippen molar-refractivity contribution in [3.05, 3.63) is 34.3 Å². The van der Waals surface area contributed by atoms with E-state index >= 15 is 0 Å². The predicted octanol–water partition coefficient (Wildman–Crippen LogP) is 2.99. The third-order valence-corrected chi connectivity index (χ3v) is 3.37. The highest BCUT2D eigenvalue weighted by Gasteiger charge is 2.12. The molecule has 2 N–H and O–H groups in total. The molecule has 0 aliphatic carbocycles. The third-order valence-electron chi connectivity index (χ3n) is 2.84. The van der Waals surface area contributed by atoms with Crippen molar-refractivity contribution in [1.29, 1.82) is 0 Å². The van der Waals surface area contributed by atoms with Gasteiger partial charge in [-0.15, -0.1) is 0 Å². The molecule has 0 bridgehead atoms. The smallest absolute Gasteiger partial charge is 0.0546 e. The van der Waals surface area contributed by atoms with E-state index in [-0.39, 0.29) is 6.10 Å². The number of ether oxygens (including phenoxy) is 1. The van der Waals surface area contributed by atoms with Crippen LogP contribution in [-0.2, 0) is 11.2 Å². The second-order valence-corrected chi connectivity index (χ2v) is 5.13. The first-order chi connectivity index (χ1) is 7.65. The van der Waals surface area contributed by atoms with Crippen molar-refractivity contribution in [3.8, 4) is 0 Å². The summed E-state index contributed by atoms with van der Waals surface area (Å²) in [5.74, 6) is 0.496. The topological polar surface area (TPSA) is 35.2 Å². The molecule has 1 aromatic carbocycles. The minimum absolute atomic E-state index is 0.281. The van der Waals surface area contributed by atoms with E-state index in [9.17, 15) is 0 Å². The van der Waals surface area contributed by atoms with Crippen LogP contribution < -0.4 is 5.73 Å². The van der Waals surface area contributed by atoms with Crippen molar-refractivity contribution in [2.24, 2.45) is 11.7 Å². The van der Waals surface area contributed by atoms with Gasteiger partial charge in [-0.1, -0.05) is 28.1 Å². The first-order valence-corrected chi connectivity index (χ1v) is 6.42. The Morgan fingerprint density at radius 3 is 2.44 bits per heavy atom. The van der Waals surface area contributed by atoms with Crippen LogP contribution in [0.25, 0.3) is 0 Å². The van der Waals surface area contributed by atoms with E-state index in [0.29, 0.717) is 12.5 Å². The van der Waals surface area contributed by atoms with E-state index in [2.05, 4.69) is 47.1 Å². The lowest BCUT2D eigenvalue weighted by molar-refractivity contribution is 0.0959. The molecule has 2 unspecified atom stereocenters. The van der Waals surface area contributed by atoms with Crippen LogP contribution in [-0.4, -0.2) is 19.8 Å². The van der Waals surface area contributed by atoms with Crippen molar-refractivity contribution in [2.45, 2.75) is 25.9 Å². The zero-order valence-corrected chi connectivity index (χ0v) is 11.5. The van der Waals surface area contributed by atoms with Gasteiger partial charge in [0.1, 0.15) is 0 Å². The van der Waals surface area contributed by atoms with Gasteiger partial charge < -0.3 is 10.5 Å². The molecule has 0 heterocycles. The van der Waals surface area contributed by atoms with Gasteiger partial charge in [-0.05, 0) is 49.9 Å². The Balaban J connectivity index is 2.52. The highest BCUT2D eigenvalue weighted by molar-refractivity contribution is 9.10. The number of hydrogen-bond acceptors (Lipinski definition) is 2. The van der Waals surface area contributed by atoms with Crippen LogP contribution in [0.15, 0.2) is 28.7 Å². The maximum Gasteiger partial charge on any atom is 0.0546 e. The fraction of sp³-hybridized carbons (Fsp3) is 0.538. The number of rotatable bonds is 6. The van der Waals surface area contributed by atoms with Gasteiger partial charge in [-0.3, -0.25) is 0 Å². The van der Waals surface area contributed by atoms with E-state index in [1.54, 1.807) is 7.11 Å². The van der Waals surface area contributed by atoms with Crippen LogP contribution in [0.1, 0.15) is 18.9 Å². The molecule has 2 nitrogen and oxygen atoms in total. The first-order valence-electron chi connectivity index (χ1n) is 5.63. The van der Waals surface area contributed by atoms with Gasteiger partial charge in [0, 0.05) is 11.6 Å². The zero-order chi connectivity index (χ0) is 12.0. The minimum atomic E-state index is 0.281. The molecule has 0 amide bonds. The van der Waals surface area contributed by atoms with E-state index in [1.165, 1.54) is 5.56 Å². The van der Waals surface area contributed by atoms with Gasteiger partial charge in [0.05, 0.1) is 6.10 Å². The summed E-state index contributed by atoms with van der Waals surface area (Å²) in [4.78, 5) is 0. The highest BCUT2D eigenvalue weighted by Crippen LogP contribution is 2.17. The quantitative estimate of drug-likeness (QED) is 0.872. The Labute approximate surface area is 106 Å². The number of nitrogens with two attached hydrogens (primary N) is 1. The fourth-order valence-corrected chi connectivity index (χ4v) is 2.05. The summed E-state index contributed by atoms with van der Waals surface area (Å²) in [5.41, 5.74) is 7.12. The average molecular weight is 286 g/mol. The van der Waals surface area contributed by atoms with Gasteiger partial charge in [0.25, 0.3) is 0 Å². The van der Waals surface area contributed by atoms with Crippen LogP contribution >= 0.6 is 15.9 Å². The third kappa shape index (κ3) is 4.64. The van der Waals surface area contributed by atoms with Gasteiger partial charge >= 0.3 is 0 Å². The molecular weight excluding hydrogens is 266 g/mol. The monoisotopic (exact) mass is 285 g/mol. The van der Waals surface area contributed by atoms with Gasteiger partial charge in [0.15, 0.2) is 0 Å². The summed E-state index contributed by atoms with van der Waals surface area (Å²) in [6.45, 7) is 2.80. The lowest BCUT2D eigenvalue weighted by Crippen LogP contribution is -2.22. The van der Waals surface area contributed by atoms with E-state index in [0.717, 1.165) is 17.3 Å². The molecule has 0 aliphatic rings. The maximum atomic E-state index is 5.79. The molecule has 90 valence electrons. The van der Waals surface area contributed by atoms with Crippen LogP contribution in [0, 0.1) is 5.92 Å². The predicted molar refractivity (Wildman–Crippen MR) is 71.5 cm³/mol. The summed E-state index contributed by atoms with van der Waals surface area (Å²) >= 11 is 3.44. The number of hydrogen-bond donors (Lipinski definition) is 1. The standard InChI is InChI=1S/C13H20BrNO/c1-10(16-2)7-12(9-15)8-11-3-5-13(14)6-4-11/h3-6,10,12H,7-9,15H2,1-2H3. The Kier molecular flexibility index (Phi) is 6.03. The van der Waals surface area contributed by atoms with Gasteiger partial charge in [0.2, 0.25) is 0 Å². The van der Waals surface area contributed by atoms with Crippen molar-refractivity contribution < 1.29 is 4.74 Å². The molecule has 2 atom stereocenters. The van der Waals surface area contributed by atoms with E-state index in [4.69, 9.17) is 10.5 Å².